The monoisotopic (exact) mass is 357 g/mol. The molecule has 0 saturated heterocycles. The summed E-state index contributed by atoms with van der Waals surface area (Å²) >= 11 is 0. The van der Waals surface area contributed by atoms with Crippen molar-refractivity contribution in [2.45, 2.75) is 45.7 Å². The molecule has 3 N–H and O–H groups in total. The van der Waals surface area contributed by atoms with Gasteiger partial charge in [0.2, 0.25) is 23.5 Å². The molecule has 1 aromatic carbocycles. The molecule has 0 aliphatic carbocycles. The number of rotatable bonds is 4. The molecule has 2 amide bonds. The molecule has 1 aliphatic heterocycles. The smallest absolute Gasteiger partial charge is 0.228 e. The van der Waals surface area contributed by atoms with Crippen LogP contribution in [-0.4, -0.2) is 34.5 Å². The van der Waals surface area contributed by atoms with Gasteiger partial charge in [0.15, 0.2) is 0 Å². The molecule has 0 saturated carbocycles. The quantitative estimate of drug-likeness (QED) is 0.858. The van der Waals surface area contributed by atoms with E-state index in [1.165, 1.54) is 6.92 Å². The Balaban J connectivity index is 2.04. The standard InChI is InChI=1S/C18H23N5O3/c1-10-8-15(20-11(2)24)14-9-13(4-5-16(14)23(10)12(3)25)18-21-17(6-7-19)26-22-18/h4-5,9-10,15H,6-8,19H2,1-3H3,(H,20,24). The zero-order chi connectivity index (χ0) is 18.8. The van der Waals surface area contributed by atoms with Gasteiger partial charge in [-0.15, -0.1) is 0 Å². The average molecular weight is 357 g/mol. The van der Waals surface area contributed by atoms with E-state index in [0.29, 0.717) is 31.1 Å². The second-order valence-electron chi connectivity index (χ2n) is 6.55. The number of fused-ring (bicyclic) bond motifs is 1. The highest BCUT2D eigenvalue weighted by Gasteiger charge is 2.33. The fourth-order valence-corrected chi connectivity index (χ4v) is 3.46. The fraction of sp³-hybridized carbons (Fsp3) is 0.444. The highest BCUT2D eigenvalue weighted by atomic mass is 16.5. The largest absolute Gasteiger partial charge is 0.349 e. The number of aromatic nitrogens is 2. The first-order chi connectivity index (χ1) is 12.4. The molecule has 2 heterocycles. The van der Waals surface area contributed by atoms with Gasteiger partial charge < -0.3 is 20.5 Å². The Labute approximate surface area is 151 Å². The van der Waals surface area contributed by atoms with Crippen LogP contribution in [0.25, 0.3) is 11.4 Å². The minimum Gasteiger partial charge on any atom is -0.349 e. The summed E-state index contributed by atoms with van der Waals surface area (Å²) in [4.78, 5) is 29.9. The molecule has 138 valence electrons. The van der Waals surface area contributed by atoms with Gasteiger partial charge in [0.25, 0.3) is 0 Å². The number of anilines is 1. The SMILES string of the molecule is CC(=O)NC1CC(C)N(C(C)=O)c2ccc(-c3noc(CCN)n3)cc21. The highest BCUT2D eigenvalue weighted by molar-refractivity contribution is 5.94. The van der Waals surface area contributed by atoms with Crippen molar-refractivity contribution in [1.82, 2.24) is 15.5 Å². The number of nitrogens with two attached hydrogens (primary N) is 1. The van der Waals surface area contributed by atoms with Gasteiger partial charge in [-0.1, -0.05) is 5.16 Å². The molecular formula is C18H23N5O3. The third-order valence-electron chi connectivity index (χ3n) is 4.48. The molecule has 26 heavy (non-hydrogen) atoms. The normalized spacial score (nSPS) is 19.2. The van der Waals surface area contributed by atoms with Crippen molar-refractivity contribution in [2.24, 2.45) is 5.73 Å². The number of hydrogen-bond donors (Lipinski definition) is 2. The fourth-order valence-electron chi connectivity index (χ4n) is 3.46. The van der Waals surface area contributed by atoms with Crippen LogP contribution >= 0.6 is 0 Å². The predicted octanol–water partition coefficient (Wildman–Crippen LogP) is 1.56. The lowest BCUT2D eigenvalue weighted by Crippen LogP contribution is -2.45. The lowest BCUT2D eigenvalue weighted by Gasteiger charge is -2.39. The van der Waals surface area contributed by atoms with Gasteiger partial charge >= 0.3 is 0 Å². The van der Waals surface area contributed by atoms with Crippen LogP contribution < -0.4 is 16.0 Å². The molecule has 0 spiro atoms. The summed E-state index contributed by atoms with van der Waals surface area (Å²) in [6.07, 6.45) is 1.16. The van der Waals surface area contributed by atoms with Crippen molar-refractivity contribution in [3.05, 3.63) is 29.7 Å². The van der Waals surface area contributed by atoms with Crippen LogP contribution in [0.1, 0.15) is 44.7 Å². The summed E-state index contributed by atoms with van der Waals surface area (Å²) in [5.74, 6) is 0.806. The number of carbonyl (C=O) groups excluding carboxylic acids is 2. The van der Waals surface area contributed by atoms with Gasteiger partial charge in [-0.05, 0) is 37.1 Å². The number of carbonyl (C=O) groups is 2. The van der Waals surface area contributed by atoms with Crippen LogP contribution in [-0.2, 0) is 16.0 Å². The van der Waals surface area contributed by atoms with Crippen molar-refractivity contribution in [1.29, 1.82) is 0 Å². The first-order valence-electron chi connectivity index (χ1n) is 8.64. The first-order valence-corrected chi connectivity index (χ1v) is 8.64. The minimum atomic E-state index is -0.177. The van der Waals surface area contributed by atoms with E-state index < -0.39 is 0 Å². The van der Waals surface area contributed by atoms with Gasteiger partial charge in [-0.2, -0.15) is 4.98 Å². The molecule has 0 fully saturated rings. The Morgan fingerprint density at radius 1 is 1.38 bits per heavy atom. The van der Waals surface area contributed by atoms with Gasteiger partial charge in [-0.25, -0.2) is 0 Å². The summed E-state index contributed by atoms with van der Waals surface area (Å²) in [5.41, 5.74) is 7.95. The van der Waals surface area contributed by atoms with E-state index in [1.54, 1.807) is 11.8 Å². The van der Waals surface area contributed by atoms with E-state index in [4.69, 9.17) is 10.3 Å². The number of nitrogens with zero attached hydrogens (tertiary/aromatic N) is 3. The zero-order valence-corrected chi connectivity index (χ0v) is 15.2. The third-order valence-corrected chi connectivity index (χ3v) is 4.48. The number of nitrogens with one attached hydrogen (secondary N) is 1. The predicted molar refractivity (Wildman–Crippen MR) is 96.3 cm³/mol. The molecule has 2 aromatic rings. The van der Waals surface area contributed by atoms with Gasteiger partial charge in [0.05, 0.1) is 6.04 Å². The molecule has 3 rings (SSSR count). The Hall–Kier alpha value is -2.74. The van der Waals surface area contributed by atoms with Crippen LogP contribution in [0.5, 0.6) is 0 Å². The van der Waals surface area contributed by atoms with E-state index >= 15 is 0 Å². The first kappa shape index (κ1) is 18.1. The molecule has 8 heteroatoms. The van der Waals surface area contributed by atoms with Gasteiger partial charge in [0.1, 0.15) is 0 Å². The third kappa shape index (κ3) is 3.45. The Kier molecular flexibility index (Phi) is 5.03. The van der Waals surface area contributed by atoms with Crippen LogP contribution in [0, 0.1) is 0 Å². The average Bonchev–Trinajstić information content (AvgIpc) is 3.02. The Morgan fingerprint density at radius 3 is 2.81 bits per heavy atom. The summed E-state index contributed by atoms with van der Waals surface area (Å²) in [6, 6.07) is 5.45. The minimum absolute atomic E-state index is 0.0102. The summed E-state index contributed by atoms with van der Waals surface area (Å²) in [6.45, 7) is 5.45. The second kappa shape index (κ2) is 7.25. The number of benzene rings is 1. The number of amides is 2. The molecule has 1 aliphatic rings. The van der Waals surface area contributed by atoms with Gasteiger partial charge in [0, 0.05) is 44.1 Å². The molecule has 0 bridgehead atoms. The van der Waals surface area contributed by atoms with Gasteiger partial charge in [-0.3, -0.25) is 9.59 Å². The van der Waals surface area contributed by atoms with E-state index in [1.807, 2.05) is 25.1 Å². The summed E-state index contributed by atoms with van der Waals surface area (Å²) in [5, 5.41) is 6.97. The molecule has 2 atom stereocenters. The topological polar surface area (TPSA) is 114 Å². The van der Waals surface area contributed by atoms with Crippen molar-refractivity contribution in [2.75, 3.05) is 11.4 Å². The van der Waals surface area contributed by atoms with E-state index in [0.717, 1.165) is 16.8 Å². The molecule has 0 radical (unpaired) electrons. The van der Waals surface area contributed by atoms with Crippen LogP contribution in [0.4, 0.5) is 5.69 Å². The van der Waals surface area contributed by atoms with E-state index in [9.17, 15) is 9.59 Å². The second-order valence-corrected chi connectivity index (χ2v) is 6.55. The maximum atomic E-state index is 12.1. The van der Waals surface area contributed by atoms with Crippen LogP contribution in [0.3, 0.4) is 0 Å². The molecule has 2 unspecified atom stereocenters. The lowest BCUT2D eigenvalue weighted by atomic mass is 9.90. The van der Waals surface area contributed by atoms with Crippen molar-refractivity contribution < 1.29 is 14.1 Å². The summed E-state index contributed by atoms with van der Waals surface area (Å²) in [7, 11) is 0. The summed E-state index contributed by atoms with van der Waals surface area (Å²) < 4.78 is 5.20. The maximum Gasteiger partial charge on any atom is 0.228 e. The Morgan fingerprint density at radius 2 is 2.15 bits per heavy atom. The maximum absolute atomic E-state index is 12.1. The molecule has 1 aromatic heterocycles. The highest BCUT2D eigenvalue weighted by Crippen LogP contribution is 2.39. The van der Waals surface area contributed by atoms with Crippen molar-refractivity contribution in [3.63, 3.8) is 0 Å². The van der Waals surface area contributed by atoms with Crippen molar-refractivity contribution >= 4 is 17.5 Å². The lowest BCUT2D eigenvalue weighted by molar-refractivity contribution is -0.119. The van der Waals surface area contributed by atoms with E-state index in [2.05, 4.69) is 15.5 Å². The zero-order valence-electron chi connectivity index (χ0n) is 15.2. The van der Waals surface area contributed by atoms with Crippen LogP contribution in [0.2, 0.25) is 0 Å². The van der Waals surface area contributed by atoms with Crippen LogP contribution in [0.15, 0.2) is 22.7 Å². The Bertz CT molecular complexity index is 832. The van der Waals surface area contributed by atoms with E-state index in [-0.39, 0.29) is 23.9 Å². The van der Waals surface area contributed by atoms with Crippen molar-refractivity contribution in [3.8, 4) is 11.4 Å². The molecule has 8 nitrogen and oxygen atoms in total. The molecular weight excluding hydrogens is 334 g/mol. The number of hydrogen-bond acceptors (Lipinski definition) is 6.